The van der Waals surface area contributed by atoms with Crippen molar-refractivity contribution in [3.8, 4) is 0 Å². The summed E-state index contributed by atoms with van der Waals surface area (Å²) in [7, 11) is -0.651. The fourth-order valence-electron chi connectivity index (χ4n) is 5.84. The van der Waals surface area contributed by atoms with Crippen molar-refractivity contribution >= 4 is 27.8 Å². The molecule has 0 aliphatic heterocycles. The molecule has 7 heteroatoms. The topological polar surface area (TPSA) is 27.7 Å². The number of rotatable bonds is 12. The fraction of sp³-hybridized carbons (Fsp3) is 0.600. The van der Waals surface area contributed by atoms with Gasteiger partial charge < -0.3 is 0 Å². The van der Waals surface area contributed by atoms with E-state index in [1.54, 1.807) is 0 Å². The summed E-state index contributed by atoms with van der Waals surface area (Å²) in [6.07, 6.45) is 33.1. The van der Waals surface area contributed by atoms with Crippen molar-refractivity contribution < 1.29 is 13.3 Å². The Labute approximate surface area is 229 Å². The van der Waals surface area contributed by atoms with Crippen molar-refractivity contribution in [2.24, 2.45) is 17.8 Å². The van der Waals surface area contributed by atoms with Gasteiger partial charge in [-0.15, -0.1) is 0 Å². The Morgan fingerprint density at radius 1 is 0.486 bits per heavy atom. The van der Waals surface area contributed by atoms with Crippen molar-refractivity contribution in [2.75, 3.05) is 78.5 Å². The molecule has 3 atom stereocenters. The van der Waals surface area contributed by atoms with Crippen molar-refractivity contribution in [1.82, 2.24) is 0 Å². The fourth-order valence-corrected chi connectivity index (χ4v) is 14.1. The normalized spacial score (nSPS) is 27.2. The minimum absolute atomic E-state index is 0.502. The molecular formula is C30H54BO3P3. The number of hydrogen-bond donors (Lipinski definition) is 0. The molecule has 0 N–H and O–H groups in total. The SMILES string of the molecule is CP(C)(C)(CC1C=CC=CC1)OB(OP(C)(C)(C)CC1C=CC=CC1)OP(C)(C)(C)CC1C=CC=CC1. The van der Waals surface area contributed by atoms with E-state index in [4.69, 9.17) is 13.3 Å². The first-order valence-electron chi connectivity index (χ1n) is 13.9. The van der Waals surface area contributed by atoms with Crippen LogP contribution < -0.4 is 0 Å². The molecule has 3 rings (SSSR count). The molecule has 0 aromatic carbocycles. The van der Waals surface area contributed by atoms with Crippen molar-refractivity contribution in [3.63, 3.8) is 0 Å². The quantitative estimate of drug-likeness (QED) is 0.175. The average Bonchev–Trinajstić information content (AvgIpc) is 2.72. The summed E-state index contributed by atoms with van der Waals surface area (Å²) >= 11 is 0. The van der Waals surface area contributed by atoms with Crippen LogP contribution in [-0.2, 0) is 13.3 Å². The molecule has 210 valence electrons. The molecule has 3 aliphatic rings. The van der Waals surface area contributed by atoms with E-state index in [9.17, 15) is 0 Å². The predicted octanol–water partition coefficient (Wildman–Crippen LogP) is 8.49. The Morgan fingerprint density at radius 2 is 0.757 bits per heavy atom. The average molecular weight is 566 g/mol. The third-order valence-corrected chi connectivity index (χ3v) is 15.2. The Kier molecular flexibility index (Phi) is 9.21. The summed E-state index contributed by atoms with van der Waals surface area (Å²) in [6, 6.07) is 0. The zero-order valence-electron chi connectivity index (χ0n) is 25.0. The predicted molar refractivity (Wildman–Crippen MR) is 177 cm³/mol. The summed E-state index contributed by atoms with van der Waals surface area (Å²) in [6.45, 7) is 13.4. The van der Waals surface area contributed by atoms with E-state index in [2.05, 4.69) is 133 Å². The van der Waals surface area contributed by atoms with Crippen molar-refractivity contribution in [2.45, 2.75) is 19.3 Å². The van der Waals surface area contributed by atoms with Gasteiger partial charge in [0.05, 0.1) is 0 Å². The maximum absolute atomic E-state index is 7.14. The summed E-state index contributed by atoms with van der Waals surface area (Å²) in [4.78, 5) is 0. The Hall–Kier alpha value is -0.325. The molecule has 0 saturated carbocycles. The maximum atomic E-state index is 7.14. The van der Waals surface area contributed by atoms with Crippen LogP contribution in [0, 0.1) is 17.8 Å². The van der Waals surface area contributed by atoms with Crippen LogP contribution in [0.3, 0.4) is 0 Å². The molecule has 0 radical (unpaired) electrons. The van der Waals surface area contributed by atoms with E-state index in [0.717, 1.165) is 37.7 Å². The molecule has 0 heterocycles. The molecule has 3 unspecified atom stereocenters. The van der Waals surface area contributed by atoms with E-state index < -0.39 is 27.8 Å². The van der Waals surface area contributed by atoms with Crippen LogP contribution in [0.25, 0.3) is 0 Å². The van der Waals surface area contributed by atoms with Gasteiger partial charge in [-0.1, -0.05) is 0 Å². The summed E-state index contributed by atoms with van der Waals surface area (Å²) in [5.41, 5.74) is 0. The molecule has 0 aromatic heterocycles. The molecule has 0 aromatic rings. The van der Waals surface area contributed by atoms with Gasteiger partial charge in [0.15, 0.2) is 0 Å². The van der Waals surface area contributed by atoms with Gasteiger partial charge in [-0.3, -0.25) is 0 Å². The molecule has 37 heavy (non-hydrogen) atoms. The Morgan fingerprint density at radius 3 is 0.973 bits per heavy atom. The second-order valence-corrected chi connectivity index (χ2v) is 35.0. The summed E-state index contributed by atoms with van der Waals surface area (Å²) in [5.74, 6) is 1.51. The Balaban J connectivity index is 1.84. The van der Waals surface area contributed by atoms with Crippen molar-refractivity contribution in [1.29, 1.82) is 0 Å². The van der Waals surface area contributed by atoms with E-state index in [1.165, 1.54) is 0 Å². The van der Waals surface area contributed by atoms with E-state index in [-0.39, 0.29) is 0 Å². The number of allylic oxidation sites excluding steroid dienone is 12. The molecule has 0 fully saturated rings. The zero-order valence-corrected chi connectivity index (χ0v) is 27.7. The molecule has 0 saturated heterocycles. The van der Waals surface area contributed by atoms with Crippen LogP contribution in [0.15, 0.2) is 72.9 Å². The first-order chi connectivity index (χ1) is 16.8. The van der Waals surface area contributed by atoms with E-state index in [0.29, 0.717) is 17.8 Å². The van der Waals surface area contributed by atoms with Crippen LogP contribution in [-0.4, -0.2) is 85.8 Å². The first kappa shape index (κ1) is 31.2. The van der Waals surface area contributed by atoms with Gasteiger partial charge in [0, 0.05) is 0 Å². The van der Waals surface area contributed by atoms with E-state index in [1.807, 2.05) is 0 Å². The third kappa shape index (κ3) is 11.4. The van der Waals surface area contributed by atoms with Gasteiger partial charge in [-0.25, -0.2) is 0 Å². The van der Waals surface area contributed by atoms with Gasteiger partial charge in [0.25, 0.3) is 0 Å². The van der Waals surface area contributed by atoms with Crippen LogP contribution in [0.5, 0.6) is 0 Å². The standard InChI is InChI=1S/C30H54BO3P3/c1-35(2,3,25-28-19-13-10-14-20-28)32-31(33-36(4,5,6)26-29-21-15-11-16-22-29)34-37(7,8,9)27-30-23-17-12-18-24-30/h10-19,21,23,28-30H,20,22,24-27H2,1-9H3. The molecule has 3 aliphatic carbocycles. The summed E-state index contributed by atoms with van der Waals surface area (Å²) < 4.78 is 21.4. The van der Waals surface area contributed by atoms with Crippen LogP contribution in [0.4, 0.5) is 0 Å². The number of hydrogen-bond acceptors (Lipinski definition) is 3. The third-order valence-electron chi connectivity index (χ3n) is 7.21. The molecule has 0 bridgehead atoms. The molecular weight excluding hydrogens is 512 g/mol. The van der Waals surface area contributed by atoms with Crippen LogP contribution in [0.2, 0.25) is 0 Å². The van der Waals surface area contributed by atoms with Crippen LogP contribution in [0.1, 0.15) is 19.3 Å². The van der Waals surface area contributed by atoms with Crippen molar-refractivity contribution in [3.05, 3.63) is 72.9 Å². The molecule has 0 spiro atoms. The Bertz CT molecular complexity index is 868. The van der Waals surface area contributed by atoms with Gasteiger partial charge in [-0.2, -0.15) is 0 Å². The van der Waals surface area contributed by atoms with E-state index >= 15 is 0 Å². The monoisotopic (exact) mass is 566 g/mol. The second-order valence-electron chi connectivity index (χ2n) is 15.5. The zero-order chi connectivity index (χ0) is 27.5. The van der Waals surface area contributed by atoms with Gasteiger partial charge in [0.2, 0.25) is 0 Å². The summed E-state index contributed by atoms with van der Waals surface area (Å²) in [5, 5.41) is 0. The van der Waals surface area contributed by atoms with Gasteiger partial charge in [0.1, 0.15) is 0 Å². The second kappa shape index (κ2) is 10.9. The molecule has 0 amide bonds. The van der Waals surface area contributed by atoms with Gasteiger partial charge >= 0.3 is 230 Å². The van der Waals surface area contributed by atoms with Gasteiger partial charge in [-0.05, 0) is 0 Å². The first-order valence-corrected chi connectivity index (χ1v) is 24.9. The molecule has 3 nitrogen and oxygen atoms in total. The minimum atomic E-state index is -2.56. The van der Waals surface area contributed by atoms with Crippen LogP contribution >= 0.6 is 20.5 Å².